The average molecular weight is 376 g/mol. The summed E-state index contributed by atoms with van der Waals surface area (Å²) >= 11 is 0. The van der Waals surface area contributed by atoms with E-state index in [1.165, 1.54) is 0 Å². The molecule has 8 nitrogen and oxygen atoms in total. The van der Waals surface area contributed by atoms with E-state index in [-0.39, 0.29) is 24.9 Å². The minimum absolute atomic E-state index is 0.0468. The third-order valence-corrected chi connectivity index (χ3v) is 4.77. The van der Waals surface area contributed by atoms with Gasteiger partial charge in [0.15, 0.2) is 0 Å². The van der Waals surface area contributed by atoms with E-state index in [0.717, 1.165) is 31.5 Å². The van der Waals surface area contributed by atoms with Crippen LogP contribution in [0.15, 0.2) is 30.3 Å². The molecule has 1 aromatic carbocycles. The number of aliphatic carboxylic acids is 1. The molecule has 0 aliphatic carbocycles. The van der Waals surface area contributed by atoms with Crippen molar-refractivity contribution in [2.45, 2.75) is 31.8 Å². The van der Waals surface area contributed by atoms with Crippen LogP contribution in [0.25, 0.3) is 0 Å². The van der Waals surface area contributed by atoms with Gasteiger partial charge in [0.05, 0.1) is 6.54 Å². The number of likely N-dealkylation sites (N-methyl/N-ethyl adjacent to an activating group) is 1. The Morgan fingerprint density at radius 3 is 2.48 bits per heavy atom. The van der Waals surface area contributed by atoms with E-state index in [1.54, 1.807) is 0 Å². The molecule has 0 saturated carbocycles. The molecule has 0 unspecified atom stereocenters. The molecular formula is C19H28N4O4. The van der Waals surface area contributed by atoms with Gasteiger partial charge in [-0.05, 0) is 38.5 Å². The smallest absolute Gasteiger partial charge is 0.321 e. The Bertz CT molecular complexity index is 630. The van der Waals surface area contributed by atoms with Crippen molar-refractivity contribution in [3.63, 3.8) is 0 Å². The number of carbonyl (C=O) groups is 3. The van der Waals surface area contributed by atoms with E-state index in [9.17, 15) is 14.4 Å². The number of imide groups is 1. The molecule has 1 saturated heterocycles. The Labute approximate surface area is 159 Å². The summed E-state index contributed by atoms with van der Waals surface area (Å²) < 4.78 is 0. The van der Waals surface area contributed by atoms with Crippen LogP contribution >= 0.6 is 0 Å². The predicted octanol–water partition coefficient (Wildman–Crippen LogP) is 0.883. The maximum Gasteiger partial charge on any atom is 0.321 e. The van der Waals surface area contributed by atoms with Crippen molar-refractivity contribution >= 4 is 17.9 Å². The zero-order valence-corrected chi connectivity index (χ0v) is 15.7. The number of hydrogen-bond acceptors (Lipinski definition) is 5. The van der Waals surface area contributed by atoms with E-state index in [1.807, 2.05) is 42.3 Å². The van der Waals surface area contributed by atoms with E-state index in [2.05, 4.69) is 15.5 Å². The third kappa shape index (κ3) is 7.76. The minimum Gasteiger partial charge on any atom is -0.480 e. The normalized spacial score (nSPS) is 15.5. The zero-order chi connectivity index (χ0) is 19.6. The first-order valence-electron chi connectivity index (χ1n) is 9.20. The van der Waals surface area contributed by atoms with Crippen molar-refractivity contribution in [3.8, 4) is 0 Å². The van der Waals surface area contributed by atoms with Crippen LogP contribution in [0, 0.1) is 0 Å². The lowest BCUT2D eigenvalue weighted by Crippen LogP contribution is -2.46. The number of piperidine rings is 1. The summed E-state index contributed by atoms with van der Waals surface area (Å²) in [5.41, 5.74) is 0.968. The van der Waals surface area contributed by atoms with Gasteiger partial charge in [0.2, 0.25) is 5.91 Å². The second kappa shape index (κ2) is 10.6. The predicted molar refractivity (Wildman–Crippen MR) is 101 cm³/mol. The Morgan fingerprint density at radius 2 is 1.85 bits per heavy atom. The number of nitrogens with one attached hydrogen (secondary N) is 2. The van der Waals surface area contributed by atoms with Gasteiger partial charge in [0.25, 0.3) is 0 Å². The summed E-state index contributed by atoms with van der Waals surface area (Å²) in [5, 5.41) is 13.9. The number of urea groups is 1. The highest BCUT2D eigenvalue weighted by molar-refractivity contribution is 5.94. The van der Waals surface area contributed by atoms with Crippen molar-refractivity contribution in [2.75, 3.05) is 33.2 Å². The highest BCUT2D eigenvalue weighted by atomic mass is 16.4. The molecule has 1 aliphatic rings. The van der Waals surface area contributed by atoms with Gasteiger partial charge in [-0.1, -0.05) is 30.3 Å². The topological polar surface area (TPSA) is 102 Å². The highest BCUT2D eigenvalue weighted by Gasteiger charge is 2.23. The van der Waals surface area contributed by atoms with Crippen molar-refractivity contribution in [2.24, 2.45) is 0 Å². The summed E-state index contributed by atoms with van der Waals surface area (Å²) in [6, 6.07) is 9.26. The molecule has 0 radical (unpaired) electrons. The molecule has 148 valence electrons. The molecule has 1 aromatic rings. The fourth-order valence-corrected chi connectivity index (χ4v) is 3.20. The molecule has 1 fully saturated rings. The summed E-state index contributed by atoms with van der Waals surface area (Å²) in [7, 11) is 1.83. The second-order valence-electron chi connectivity index (χ2n) is 6.85. The number of likely N-dealkylation sites (tertiary alicyclic amines) is 1. The van der Waals surface area contributed by atoms with Gasteiger partial charge in [-0.2, -0.15) is 0 Å². The van der Waals surface area contributed by atoms with Crippen molar-refractivity contribution in [1.82, 2.24) is 20.4 Å². The molecule has 0 spiro atoms. The number of carbonyl (C=O) groups excluding carboxylic acids is 2. The first-order chi connectivity index (χ1) is 12.9. The van der Waals surface area contributed by atoms with E-state index < -0.39 is 12.0 Å². The van der Waals surface area contributed by atoms with Crippen LogP contribution < -0.4 is 10.6 Å². The van der Waals surface area contributed by atoms with Crippen LogP contribution in [0.2, 0.25) is 0 Å². The van der Waals surface area contributed by atoms with Crippen LogP contribution in [0.4, 0.5) is 4.79 Å². The molecule has 0 aromatic heterocycles. The fourth-order valence-electron chi connectivity index (χ4n) is 3.20. The fraction of sp³-hybridized carbons (Fsp3) is 0.526. The van der Waals surface area contributed by atoms with Gasteiger partial charge < -0.3 is 15.3 Å². The monoisotopic (exact) mass is 376 g/mol. The quantitative estimate of drug-likeness (QED) is 0.623. The molecule has 2 rings (SSSR count). The van der Waals surface area contributed by atoms with E-state index in [4.69, 9.17) is 5.11 Å². The molecular weight excluding hydrogens is 348 g/mol. The van der Waals surface area contributed by atoms with Gasteiger partial charge in [-0.25, -0.2) is 4.79 Å². The van der Waals surface area contributed by atoms with Crippen LogP contribution in [-0.2, 0) is 16.1 Å². The van der Waals surface area contributed by atoms with E-state index in [0.29, 0.717) is 13.1 Å². The number of carboxylic acids is 1. The van der Waals surface area contributed by atoms with Gasteiger partial charge in [0, 0.05) is 25.6 Å². The van der Waals surface area contributed by atoms with Gasteiger partial charge >= 0.3 is 12.0 Å². The number of hydrogen-bond donors (Lipinski definition) is 3. The van der Waals surface area contributed by atoms with Crippen LogP contribution in [0.3, 0.4) is 0 Å². The minimum atomic E-state index is -0.817. The molecule has 1 aliphatic heterocycles. The molecule has 27 heavy (non-hydrogen) atoms. The largest absolute Gasteiger partial charge is 0.480 e. The maximum absolute atomic E-state index is 11.9. The number of rotatable bonds is 8. The molecule has 1 heterocycles. The number of nitrogens with zero attached hydrogens (tertiary/aromatic N) is 2. The summed E-state index contributed by atoms with van der Waals surface area (Å²) in [6.07, 6.45) is 2.01. The highest BCUT2D eigenvalue weighted by Crippen LogP contribution is 2.15. The number of amides is 3. The maximum atomic E-state index is 11.9. The first kappa shape index (κ1) is 20.9. The SMILES string of the molecule is CN(CC(=O)O)C1CCN(CCC(=O)NC(=O)NCc2ccccc2)CC1. The lowest BCUT2D eigenvalue weighted by atomic mass is 10.0. The van der Waals surface area contributed by atoms with Gasteiger partial charge in [-0.3, -0.25) is 19.8 Å². The Balaban J connectivity index is 1.60. The van der Waals surface area contributed by atoms with Crippen molar-refractivity contribution < 1.29 is 19.5 Å². The molecule has 3 N–H and O–H groups in total. The van der Waals surface area contributed by atoms with Crippen LogP contribution in [0.5, 0.6) is 0 Å². The van der Waals surface area contributed by atoms with Gasteiger partial charge in [0.1, 0.15) is 0 Å². The molecule has 3 amide bonds. The van der Waals surface area contributed by atoms with Gasteiger partial charge in [-0.15, -0.1) is 0 Å². The molecule has 0 bridgehead atoms. The van der Waals surface area contributed by atoms with Crippen LogP contribution in [-0.4, -0.2) is 72.1 Å². The summed E-state index contributed by atoms with van der Waals surface area (Å²) in [4.78, 5) is 38.5. The summed E-state index contributed by atoms with van der Waals surface area (Å²) in [5.74, 6) is -1.12. The molecule has 0 atom stereocenters. The first-order valence-corrected chi connectivity index (χ1v) is 9.20. The molecule has 8 heteroatoms. The second-order valence-corrected chi connectivity index (χ2v) is 6.85. The average Bonchev–Trinajstić information content (AvgIpc) is 2.65. The Hall–Kier alpha value is -2.45. The standard InChI is InChI=1S/C19H28N4O4/c1-22(14-18(25)26)16-7-10-23(11-8-16)12-9-17(24)21-19(27)20-13-15-5-3-2-4-6-15/h2-6,16H,7-14H2,1H3,(H,25,26)(H2,20,21,24,27). The Kier molecular flexibility index (Phi) is 8.22. The van der Waals surface area contributed by atoms with E-state index >= 15 is 0 Å². The summed E-state index contributed by atoms with van der Waals surface area (Å²) in [6.45, 7) is 2.65. The Morgan fingerprint density at radius 1 is 1.19 bits per heavy atom. The van der Waals surface area contributed by atoms with Crippen molar-refractivity contribution in [3.05, 3.63) is 35.9 Å². The van der Waals surface area contributed by atoms with Crippen LogP contribution in [0.1, 0.15) is 24.8 Å². The lowest BCUT2D eigenvalue weighted by molar-refractivity contribution is -0.138. The number of carboxylic acid groups (broad SMARTS) is 1. The zero-order valence-electron chi connectivity index (χ0n) is 15.7. The number of benzene rings is 1. The third-order valence-electron chi connectivity index (χ3n) is 4.77. The lowest BCUT2D eigenvalue weighted by Gasteiger charge is -2.36. The van der Waals surface area contributed by atoms with Crippen molar-refractivity contribution in [1.29, 1.82) is 0 Å².